The maximum Gasteiger partial charge on any atom is 0.233 e. The highest BCUT2D eigenvalue weighted by atomic mass is 19.1. The van der Waals surface area contributed by atoms with Crippen molar-refractivity contribution in [2.24, 2.45) is 0 Å². The lowest BCUT2D eigenvalue weighted by Crippen LogP contribution is -2.21. The number of benzene rings is 2. The molecule has 0 saturated carbocycles. The van der Waals surface area contributed by atoms with Crippen LogP contribution >= 0.6 is 0 Å². The number of nitrogens with one attached hydrogen (secondary N) is 2. The van der Waals surface area contributed by atoms with Gasteiger partial charge in [-0.3, -0.25) is 9.59 Å². The number of para-hydroxylation sites is 2. The van der Waals surface area contributed by atoms with Gasteiger partial charge in [-0.2, -0.15) is 0 Å². The van der Waals surface area contributed by atoms with Gasteiger partial charge >= 0.3 is 0 Å². The molecule has 0 bridgehead atoms. The van der Waals surface area contributed by atoms with Crippen LogP contribution in [0.1, 0.15) is 6.42 Å². The van der Waals surface area contributed by atoms with Crippen molar-refractivity contribution in [2.75, 3.05) is 24.9 Å². The van der Waals surface area contributed by atoms with Crippen LogP contribution < -0.4 is 20.1 Å². The number of carbonyl (C=O) groups is 2. The molecule has 0 aliphatic heterocycles. The van der Waals surface area contributed by atoms with Gasteiger partial charge in [0, 0.05) is 11.8 Å². The Kier molecular flexibility index (Phi) is 5.73. The van der Waals surface area contributed by atoms with E-state index in [2.05, 4.69) is 10.6 Å². The fourth-order valence-electron chi connectivity index (χ4n) is 2.04. The van der Waals surface area contributed by atoms with E-state index in [0.29, 0.717) is 11.4 Å². The average molecular weight is 332 g/mol. The van der Waals surface area contributed by atoms with Crippen LogP contribution in [0.4, 0.5) is 15.8 Å². The second kappa shape index (κ2) is 7.96. The molecule has 2 aromatic rings. The second-order valence-corrected chi connectivity index (χ2v) is 4.82. The number of hydrogen-bond donors (Lipinski definition) is 2. The normalized spacial score (nSPS) is 9.96. The molecule has 0 aliphatic carbocycles. The zero-order valence-corrected chi connectivity index (χ0v) is 13.3. The minimum absolute atomic E-state index is 0.0712. The van der Waals surface area contributed by atoms with Crippen molar-refractivity contribution in [3.63, 3.8) is 0 Å². The molecule has 0 saturated heterocycles. The van der Waals surface area contributed by atoms with Gasteiger partial charge in [0.05, 0.1) is 19.9 Å². The summed E-state index contributed by atoms with van der Waals surface area (Å²) in [5.41, 5.74) is 0.705. The third-order valence-electron chi connectivity index (χ3n) is 3.14. The van der Waals surface area contributed by atoms with Gasteiger partial charge in [-0.1, -0.05) is 12.1 Å². The van der Waals surface area contributed by atoms with Gasteiger partial charge < -0.3 is 20.1 Å². The molecular weight excluding hydrogens is 315 g/mol. The van der Waals surface area contributed by atoms with Gasteiger partial charge in [0.25, 0.3) is 0 Å². The Morgan fingerprint density at radius 1 is 0.958 bits per heavy atom. The predicted molar refractivity (Wildman–Crippen MR) is 87.8 cm³/mol. The predicted octanol–water partition coefficient (Wildman–Crippen LogP) is 2.81. The Bertz CT molecular complexity index is 749. The summed E-state index contributed by atoms with van der Waals surface area (Å²) in [6.07, 6.45) is -0.411. The Hall–Kier alpha value is -3.09. The maximum absolute atomic E-state index is 13.6. The van der Waals surface area contributed by atoms with E-state index in [0.717, 1.165) is 6.07 Å². The molecule has 126 valence electrons. The number of ether oxygens (including phenoxy) is 2. The molecule has 2 N–H and O–H groups in total. The first kappa shape index (κ1) is 17.3. The largest absolute Gasteiger partial charge is 0.495 e. The van der Waals surface area contributed by atoms with Crippen LogP contribution in [0, 0.1) is 5.82 Å². The van der Waals surface area contributed by atoms with Crippen LogP contribution in [-0.2, 0) is 9.59 Å². The fraction of sp³-hybridized carbons (Fsp3) is 0.176. The smallest absolute Gasteiger partial charge is 0.233 e. The van der Waals surface area contributed by atoms with E-state index in [1.54, 1.807) is 24.3 Å². The number of anilines is 2. The molecule has 2 amide bonds. The van der Waals surface area contributed by atoms with Gasteiger partial charge in [-0.25, -0.2) is 4.39 Å². The molecule has 2 rings (SSSR count). The molecule has 24 heavy (non-hydrogen) atoms. The van der Waals surface area contributed by atoms with E-state index in [9.17, 15) is 14.0 Å². The number of methoxy groups -OCH3 is 2. The van der Waals surface area contributed by atoms with E-state index in [1.165, 1.54) is 26.4 Å². The first-order chi connectivity index (χ1) is 11.5. The molecule has 2 aromatic carbocycles. The highest BCUT2D eigenvalue weighted by Gasteiger charge is 2.13. The van der Waals surface area contributed by atoms with Gasteiger partial charge in [-0.05, 0) is 24.3 Å². The zero-order valence-electron chi connectivity index (χ0n) is 13.3. The van der Waals surface area contributed by atoms with E-state index in [1.807, 2.05) is 0 Å². The van der Waals surface area contributed by atoms with Crippen molar-refractivity contribution in [3.05, 3.63) is 48.3 Å². The Morgan fingerprint density at radius 2 is 1.62 bits per heavy atom. The van der Waals surface area contributed by atoms with E-state index < -0.39 is 24.1 Å². The second-order valence-electron chi connectivity index (χ2n) is 4.82. The highest BCUT2D eigenvalue weighted by Crippen LogP contribution is 2.23. The van der Waals surface area contributed by atoms with E-state index in [-0.39, 0.29) is 11.4 Å². The average Bonchev–Trinajstić information content (AvgIpc) is 2.55. The van der Waals surface area contributed by atoms with E-state index in [4.69, 9.17) is 9.47 Å². The lowest BCUT2D eigenvalue weighted by Gasteiger charge is -2.10. The SMILES string of the molecule is COc1ccc(NC(=O)CC(=O)Nc2ccccc2OC)cc1F. The van der Waals surface area contributed by atoms with Crippen LogP contribution in [0.25, 0.3) is 0 Å². The van der Waals surface area contributed by atoms with Crippen LogP contribution in [0.3, 0.4) is 0 Å². The quantitative estimate of drug-likeness (QED) is 0.798. The van der Waals surface area contributed by atoms with Crippen molar-refractivity contribution in [3.8, 4) is 11.5 Å². The summed E-state index contributed by atoms with van der Waals surface area (Å²) in [5.74, 6) is -1.11. The first-order valence-electron chi connectivity index (χ1n) is 7.09. The number of amides is 2. The summed E-state index contributed by atoms with van der Waals surface area (Å²) < 4.78 is 23.5. The third-order valence-corrected chi connectivity index (χ3v) is 3.14. The minimum atomic E-state index is -0.603. The standard InChI is InChI=1S/C17H17FN2O4/c1-23-14-8-7-11(9-12(14)18)19-16(21)10-17(22)20-13-5-3-4-6-15(13)24-2/h3-9H,10H2,1-2H3,(H,19,21)(H,20,22). The molecular formula is C17H17FN2O4. The summed E-state index contributed by atoms with van der Waals surface area (Å²) in [6.45, 7) is 0. The molecule has 0 heterocycles. The molecule has 6 nitrogen and oxygen atoms in total. The molecule has 0 radical (unpaired) electrons. The zero-order chi connectivity index (χ0) is 17.5. The summed E-state index contributed by atoms with van der Waals surface area (Å²) in [6, 6.07) is 10.8. The Morgan fingerprint density at radius 3 is 2.29 bits per heavy atom. The summed E-state index contributed by atoms with van der Waals surface area (Å²) in [5, 5.41) is 5.04. The molecule has 0 fully saturated rings. The summed E-state index contributed by atoms with van der Waals surface area (Å²) in [4.78, 5) is 23.8. The van der Waals surface area contributed by atoms with E-state index >= 15 is 0 Å². The third kappa shape index (κ3) is 4.45. The van der Waals surface area contributed by atoms with Crippen molar-refractivity contribution in [1.82, 2.24) is 0 Å². The van der Waals surface area contributed by atoms with Gasteiger partial charge in [0.1, 0.15) is 12.2 Å². The van der Waals surface area contributed by atoms with Crippen LogP contribution in [-0.4, -0.2) is 26.0 Å². The summed E-state index contributed by atoms with van der Waals surface area (Å²) >= 11 is 0. The topological polar surface area (TPSA) is 76.7 Å². The molecule has 0 aromatic heterocycles. The first-order valence-corrected chi connectivity index (χ1v) is 7.09. The lowest BCUT2D eigenvalue weighted by atomic mass is 10.2. The number of carbonyl (C=O) groups excluding carboxylic acids is 2. The van der Waals surface area contributed by atoms with Gasteiger partial charge in [-0.15, -0.1) is 0 Å². The number of rotatable bonds is 6. The van der Waals surface area contributed by atoms with Crippen LogP contribution in [0.5, 0.6) is 11.5 Å². The molecule has 0 unspecified atom stereocenters. The van der Waals surface area contributed by atoms with Crippen molar-refractivity contribution in [2.45, 2.75) is 6.42 Å². The van der Waals surface area contributed by atoms with Crippen molar-refractivity contribution < 1.29 is 23.5 Å². The molecule has 0 aliphatic rings. The highest BCUT2D eigenvalue weighted by molar-refractivity contribution is 6.08. The van der Waals surface area contributed by atoms with Crippen molar-refractivity contribution >= 4 is 23.2 Å². The van der Waals surface area contributed by atoms with Gasteiger partial charge in [0.15, 0.2) is 11.6 Å². The molecule has 7 heteroatoms. The fourth-order valence-corrected chi connectivity index (χ4v) is 2.04. The maximum atomic E-state index is 13.6. The van der Waals surface area contributed by atoms with Gasteiger partial charge in [0.2, 0.25) is 11.8 Å². The molecule has 0 atom stereocenters. The minimum Gasteiger partial charge on any atom is -0.495 e. The molecule has 0 spiro atoms. The van der Waals surface area contributed by atoms with Crippen molar-refractivity contribution in [1.29, 1.82) is 0 Å². The Labute approximate surface area is 138 Å². The number of hydrogen-bond acceptors (Lipinski definition) is 4. The van der Waals surface area contributed by atoms with Crippen LogP contribution in [0.2, 0.25) is 0 Å². The number of halogens is 1. The summed E-state index contributed by atoms with van der Waals surface area (Å²) in [7, 11) is 2.83. The lowest BCUT2D eigenvalue weighted by molar-refractivity contribution is -0.123. The Balaban J connectivity index is 1.94. The monoisotopic (exact) mass is 332 g/mol. The van der Waals surface area contributed by atoms with Crippen LogP contribution in [0.15, 0.2) is 42.5 Å².